The Morgan fingerprint density at radius 1 is 0.978 bits per heavy atom. The highest BCUT2D eigenvalue weighted by Crippen LogP contribution is 2.34. The molecule has 8 nitrogen and oxygen atoms in total. The highest BCUT2D eigenvalue weighted by Gasteiger charge is 2.36. The minimum absolute atomic E-state index is 0.0606. The van der Waals surface area contributed by atoms with Gasteiger partial charge < -0.3 is 19.6 Å². The largest absolute Gasteiger partial charge is 0.399 e. The molecular formula is C34H35Cl4N5O3. The van der Waals surface area contributed by atoms with Crippen molar-refractivity contribution in [3.63, 3.8) is 0 Å². The van der Waals surface area contributed by atoms with E-state index in [-0.39, 0.29) is 36.1 Å². The van der Waals surface area contributed by atoms with Gasteiger partial charge in [0.05, 0.1) is 33.3 Å². The number of likely N-dealkylation sites (tertiary alicyclic amines) is 1. The number of carbonyl (C=O) groups is 1. The Hall–Kier alpha value is -3.01. The molecule has 1 saturated carbocycles. The molecule has 242 valence electrons. The van der Waals surface area contributed by atoms with Crippen LogP contribution in [0.15, 0.2) is 70.6 Å². The first-order valence-corrected chi connectivity index (χ1v) is 17.0. The van der Waals surface area contributed by atoms with Gasteiger partial charge in [-0.25, -0.2) is 4.79 Å². The number of piperidine rings is 1. The highest BCUT2D eigenvalue weighted by molar-refractivity contribution is 6.42. The number of oxime groups is 1. The zero-order valence-corrected chi connectivity index (χ0v) is 28.4. The molecule has 1 amide bonds. The normalized spacial score (nSPS) is 16.9. The average Bonchev–Trinajstić information content (AvgIpc) is 3.82. The van der Waals surface area contributed by atoms with Gasteiger partial charge in [-0.3, -0.25) is 9.36 Å². The fourth-order valence-corrected chi connectivity index (χ4v) is 7.33. The van der Waals surface area contributed by atoms with E-state index in [0.717, 1.165) is 67.6 Å². The summed E-state index contributed by atoms with van der Waals surface area (Å²) in [7, 11) is 1.52. The van der Waals surface area contributed by atoms with Gasteiger partial charge in [0.2, 0.25) is 0 Å². The van der Waals surface area contributed by atoms with Crippen molar-refractivity contribution < 1.29 is 9.63 Å². The molecular weight excluding hydrogens is 668 g/mol. The number of imidazole rings is 1. The van der Waals surface area contributed by atoms with Crippen LogP contribution in [-0.2, 0) is 4.84 Å². The predicted octanol–water partition coefficient (Wildman–Crippen LogP) is 8.06. The van der Waals surface area contributed by atoms with E-state index >= 15 is 0 Å². The van der Waals surface area contributed by atoms with Gasteiger partial charge in [-0.05, 0) is 86.7 Å². The Balaban J connectivity index is 1.21. The van der Waals surface area contributed by atoms with Crippen molar-refractivity contribution in [1.29, 1.82) is 0 Å². The molecule has 2 aliphatic rings. The van der Waals surface area contributed by atoms with Crippen LogP contribution in [-0.4, -0.2) is 70.3 Å². The van der Waals surface area contributed by atoms with E-state index in [0.29, 0.717) is 32.1 Å². The van der Waals surface area contributed by atoms with Crippen LogP contribution in [0.5, 0.6) is 0 Å². The summed E-state index contributed by atoms with van der Waals surface area (Å²) >= 11 is 25.3. The number of nitrogens with zero attached hydrogens (tertiary/aromatic N) is 4. The number of nitrogens with one attached hydrogen (secondary N) is 1. The molecule has 0 radical (unpaired) electrons. The summed E-state index contributed by atoms with van der Waals surface area (Å²) in [5.41, 5.74) is 3.84. The van der Waals surface area contributed by atoms with Crippen LogP contribution in [0.25, 0.3) is 11.0 Å². The van der Waals surface area contributed by atoms with Crippen molar-refractivity contribution in [1.82, 2.24) is 19.4 Å². The van der Waals surface area contributed by atoms with Crippen molar-refractivity contribution >= 4 is 69.1 Å². The lowest BCUT2D eigenvalue weighted by atomic mass is 9.89. The monoisotopic (exact) mass is 701 g/mol. The van der Waals surface area contributed by atoms with E-state index in [1.54, 1.807) is 24.3 Å². The molecule has 1 aliphatic carbocycles. The lowest BCUT2D eigenvalue weighted by Crippen LogP contribution is -2.41. The number of H-pyrrole nitrogens is 1. The molecule has 1 aromatic heterocycles. The maximum absolute atomic E-state index is 13.8. The second kappa shape index (κ2) is 14.4. The van der Waals surface area contributed by atoms with Gasteiger partial charge in [0, 0.05) is 46.7 Å². The second-order valence-electron chi connectivity index (χ2n) is 12.0. The van der Waals surface area contributed by atoms with E-state index in [1.165, 1.54) is 7.11 Å². The standard InChI is InChI=1S/C34H35Cl4N5O3/c1-46-40-31(20-42(25-7-8-25)33(44)22-16-23(35)19-24(36)17-22)27(21-6-9-28(37)29(38)18-21)12-15-41-13-10-26(11-14-41)43-32-5-3-2-4-30(32)39-34(43)45/h2-6,9,16-19,25-27H,7-8,10-15,20H2,1H3,(H,39,45)/b40-31+/t27-/m1/s1. The van der Waals surface area contributed by atoms with Crippen LogP contribution in [0.3, 0.4) is 0 Å². The first kappa shape index (κ1) is 32.9. The molecule has 0 bridgehead atoms. The Morgan fingerprint density at radius 3 is 2.37 bits per heavy atom. The van der Waals surface area contributed by atoms with Gasteiger partial charge in [-0.1, -0.05) is 69.8 Å². The van der Waals surface area contributed by atoms with Crippen molar-refractivity contribution in [2.75, 3.05) is 33.3 Å². The Morgan fingerprint density at radius 2 is 1.70 bits per heavy atom. The van der Waals surface area contributed by atoms with Crippen LogP contribution in [0.2, 0.25) is 20.1 Å². The molecule has 2 heterocycles. The van der Waals surface area contributed by atoms with Crippen LogP contribution >= 0.6 is 46.4 Å². The van der Waals surface area contributed by atoms with Gasteiger partial charge in [0.1, 0.15) is 7.11 Å². The number of fused-ring (bicyclic) bond motifs is 1. The third-order valence-corrected chi connectivity index (χ3v) is 10.1. The van der Waals surface area contributed by atoms with Crippen LogP contribution in [0.4, 0.5) is 0 Å². The third kappa shape index (κ3) is 7.42. The van der Waals surface area contributed by atoms with Gasteiger partial charge >= 0.3 is 5.69 Å². The third-order valence-electron chi connectivity index (χ3n) is 8.93. The van der Waals surface area contributed by atoms with Gasteiger partial charge in [-0.15, -0.1) is 0 Å². The number of para-hydroxylation sites is 2. The zero-order chi connectivity index (χ0) is 32.4. The summed E-state index contributed by atoms with van der Waals surface area (Å²) in [4.78, 5) is 39.2. The van der Waals surface area contributed by atoms with Crippen molar-refractivity contribution in [3.05, 3.63) is 102 Å². The maximum atomic E-state index is 13.8. The number of hydrogen-bond acceptors (Lipinski definition) is 5. The molecule has 12 heteroatoms. The number of hydrogen-bond donors (Lipinski definition) is 1. The van der Waals surface area contributed by atoms with Crippen molar-refractivity contribution in [3.8, 4) is 0 Å². The smallest absolute Gasteiger partial charge is 0.326 e. The van der Waals surface area contributed by atoms with E-state index in [4.69, 9.17) is 51.2 Å². The highest BCUT2D eigenvalue weighted by atomic mass is 35.5. The molecule has 2 fully saturated rings. The number of carbonyl (C=O) groups excluding carboxylic acids is 1. The first-order valence-electron chi connectivity index (χ1n) is 15.5. The number of aromatic amines is 1. The molecule has 0 unspecified atom stereocenters. The molecule has 1 aliphatic heterocycles. The molecule has 1 atom stereocenters. The Labute approximate surface area is 287 Å². The predicted molar refractivity (Wildman–Crippen MR) is 186 cm³/mol. The molecule has 6 rings (SSSR count). The minimum atomic E-state index is -0.194. The maximum Gasteiger partial charge on any atom is 0.326 e. The van der Waals surface area contributed by atoms with E-state index in [9.17, 15) is 9.59 Å². The van der Waals surface area contributed by atoms with Gasteiger partial charge in [0.25, 0.3) is 5.91 Å². The van der Waals surface area contributed by atoms with E-state index in [2.05, 4.69) is 15.0 Å². The fraction of sp³-hybridized carbons (Fsp3) is 0.382. The molecule has 0 spiro atoms. The molecule has 1 N–H and O–H groups in total. The number of halogens is 4. The number of aromatic nitrogens is 2. The van der Waals surface area contributed by atoms with Gasteiger partial charge in [-0.2, -0.15) is 0 Å². The summed E-state index contributed by atoms with van der Waals surface area (Å²) < 4.78 is 1.91. The van der Waals surface area contributed by atoms with E-state index in [1.807, 2.05) is 45.9 Å². The minimum Gasteiger partial charge on any atom is -0.399 e. The number of rotatable bonds is 11. The molecule has 3 aromatic carbocycles. The van der Waals surface area contributed by atoms with Gasteiger partial charge in [0.15, 0.2) is 0 Å². The van der Waals surface area contributed by atoms with E-state index < -0.39 is 0 Å². The Kier molecular flexibility index (Phi) is 10.3. The lowest BCUT2D eigenvalue weighted by molar-refractivity contribution is 0.0765. The quantitative estimate of drug-likeness (QED) is 0.127. The number of amides is 1. The summed E-state index contributed by atoms with van der Waals surface area (Å²) in [6, 6.07) is 18.6. The Bertz CT molecular complexity index is 1790. The molecule has 46 heavy (non-hydrogen) atoms. The van der Waals surface area contributed by atoms with Crippen LogP contribution in [0, 0.1) is 0 Å². The summed E-state index contributed by atoms with van der Waals surface area (Å²) in [5, 5.41) is 6.23. The fourth-order valence-electron chi connectivity index (χ4n) is 6.49. The lowest BCUT2D eigenvalue weighted by Gasteiger charge is -2.34. The van der Waals surface area contributed by atoms with Crippen LogP contribution in [0.1, 0.15) is 60.0 Å². The SMILES string of the molecule is CO/N=C(\CN(C(=O)c1cc(Cl)cc(Cl)c1)C1CC1)[C@H](CCN1CCC(n2c(=O)[nH]c3ccccc32)CC1)c1ccc(Cl)c(Cl)c1. The molecule has 4 aromatic rings. The topological polar surface area (TPSA) is 82.9 Å². The summed E-state index contributed by atoms with van der Waals surface area (Å²) in [6.07, 6.45) is 4.26. The molecule has 1 saturated heterocycles. The van der Waals surface area contributed by atoms with Crippen molar-refractivity contribution in [2.24, 2.45) is 5.16 Å². The zero-order valence-electron chi connectivity index (χ0n) is 25.4. The number of benzene rings is 3. The van der Waals surface area contributed by atoms with Crippen molar-refractivity contribution in [2.45, 2.75) is 50.1 Å². The van der Waals surface area contributed by atoms with Crippen LogP contribution < -0.4 is 5.69 Å². The summed E-state index contributed by atoms with van der Waals surface area (Å²) in [5.74, 6) is -0.348. The first-order chi connectivity index (χ1) is 22.2. The average molecular weight is 703 g/mol. The second-order valence-corrected chi connectivity index (χ2v) is 13.7. The summed E-state index contributed by atoms with van der Waals surface area (Å²) in [6.45, 7) is 2.76.